The molecule has 4 nitrogen and oxygen atoms in total. The molecular weight excluding hydrogens is 172 g/mol. The lowest BCUT2D eigenvalue weighted by Gasteiger charge is -1.88. The number of ketones is 1. The van der Waals surface area contributed by atoms with E-state index in [9.17, 15) is 9.59 Å². The molecule has 1 N–H and O–H groups in total. The number of aryl methyl sites for hydroxylation is 1. The number of rotatable bonds is 3. The Bertz CT molecular complexity index is 348. The van der Waals surface area contributed by atoms with Crippen molar-refractivity contribution >= 4 is 11.8 Å². The summed E-state index contributed by atoms with van der Waals surface area (Å²) in [5.41, 5.74) is 0.0526. The van der Waals surface area contributed by atoms with Crippen molar-refractivity contribution in [3.05, 3.63) is 23.2 Å². The predicted molar refractivity (Wildman–Crippen MR) is 45.0 cm³/mol. The minimum atomic E-state index is -1.07. The number of hydrogen-bond acceptors (Lipinski definition) is 3. The van der Waals surface area contributed by atoms with Crippen LogP contribution in [0.1, 0.15) is 40.0 Å². The standard InChI is InChI=1S/C9H10O4/c1-3-7(10)8-4-6(9(11)12)5(2)13-8/h4H,3H2,1-2H3,(H,11,12). The van der Waals surface area contributed by atoms with Gasteiger partial charge >= 0.3 is 5.97 Å². The Balaban J connectivity index is 3.09. The second kappa shape index (κ2) is 3.43. The van der Waals surface area contributed by atoms with Gasteiger partial charge in [-0.3, -0.25) is 4.79 Å². The largest absolute Gasteiger partial charge is 0.478 e. The highest BCUT2D eigenvalue weighted by molar-refractivity contribution is 5.97. The van der Waals surface area contributed by atoms with Crippen molar-refractivity contribution in [3.8, 4) is 0 Å². The van der Waals surface area contributed by atoms with Gasteiger partial charge in [-0.2, -0.15) is 0 Å². The van der Waals surface area contributed by atoms with E-state index < -0.39 is 5.97 Å². The molecule has 0 aromatic carbocycles. The van der Waals surface area contributed by atoms with Crippen molar-refractivity contribution in [1.29, 1.82) is 0 Å². The lowest BCUT2D eigenvalue weighted by atomic mass is 10.2. The second-order valence-corrected chi connectivity index (χ2v) is 2.66. The van der Waals surface area contributed by atoms with Crippen LogP contribution in [0.5, 0.6) is 0 Å². The van der Waals surface area contributed by atoms with E-state index >= 15 is 0 Å². The molecule has 0 amide bonds. The fraction of sp³-hybridized carbons (Fsp3) is 0.333. The molecule has 4 heteroatoms. The number of carbonyl (C=O) groups is 2. The second-order valence-electron chi connectivity index (χ2n) is 2.66. The molecule has 0 spiro atoms. The summed E-state index contributed by atoms with van der Waals surface area (Å²) in [6.07, 6.45) is 0.312. The molecule has 1 rings (SSSR count). The van der Waals surface area contributed by atoms with Crippen LogP contribution in [-0.4, -0.2) is 16.9 Å². The maximum absolute atomic E-state index is 11.1. The van der Waals surface area contributed by atoms with E-state index in [1.165, 1.54) is 13.0 Å². The van der Waals surface area contributed by atoms with Crippen LogP contribution in [-0.2, 0) is 0 Å². The van der Waals surface area contributed by atoms with Crippen LogP contribution in [0, 0.1) is 6.92 Å². The minimum absolute atomic E-state index is 0.0526. The van der Waals surface area contributed by atoms with E-state index in [1.807, 2.05) is 0 Å². The highest BCUT2D eigenvalue weighted by atomic mass is 16.4. The number of carboxylic acids is 1. The van der Waals surface area contributed by atoms with E-state index in [4.69, 9.17) is 9.52 Å². The topological polar surface area (TPSA) is 67.5 Å². The average molecular weight is 182 g/mol. The molecule has 0 unspecified atom stereocenters. The Kier molecular flexibility index (Phi) is 2.51. The number of Topliss-reactive ketones (excluding diaryl/α,β-unsaturated/α-hetero) is 1. The van der Waals surface area contributed by atoms with Crippen molar-refractivity contribution in [1.82, 2.24) is 0 Å². The Hall–Kier alpha value is -1.58. The summed E-state index contributed by atoms with van der Waals surface area (Å²) in [6.45, 7) is 3.22. The molecule has 13 heavy (non-hydrogen) atoms. The molecule has 0 saturated carbocycles. The zero-order valence-corrected chi connectivity index (χ0v) is 7.46. The van der Waals surface area contributed by atoms with E-state index in [2.05, 4.69) is 0 Å². The Morgan fingerprint density at radius 2 is 2.15 bits per heavy atom. The fourth-order valence-electron chi connectivity index (χ4n) is 1.01. The zero-order chi connectivity index (χ0) is 10.0. The van der Waals surface area contributed by atoms with Gasteiger partial charge < -0.3 is 9.52 Å². The Labute approximate surface area is 75.2 Å². The Morgan fingerprint density at radius 3 is 2.54 bits per heavy atom. The lowest BCUT2D eigenvalue weighted by molar-refractivity contribution is 0.0694. The highest BCUT2D eigenvalue weighted by Gasteiger charge is 2.16. The van der Waals surface area contributed by atoms with Gasteiger partial charge in [0, 0.05) is 12.5 Å². The average Bonchev–Trinajstić information content (AvgIpc) is 2.46. The molecule has 1 aromatic rings. The SMILES string of the molecule is CCC(=O)c1cc(C(=O)O)c(C)o1. The van der Waals surface area contributed by atoms with Crippen LogP contribution in [0.3, 0.4) is 0 Å². The molecular formula is C9H10O4. The first-order valence-corrected chi connectivity index (χ1v) is 3.93. The number of aromatic carboxylic acids is 1. The van der Waals surface area contributed by atoms with Crippen molar-refractivity contribution in [2.75, 3.05) is 0 Å². The van der Waals surface area contributed by atoms with Crippen molar-refractivity contribution in [2.24, 2.45) is 0 Å². The van der Waals surface area contributed by atoms with Gasteiger partial charge in [0.15, 0.2) is 11.5 Å². The van der Waals surface area contributed by atoms with Gasteiger partial charge in [-0.1, -0.05) is 6.92 Å². The summed E-state index contributed by atoms with van der Waals surface area (Å²) in [6, 6.07) is 1.27. The highest BCUT2D eigenvalue weighted by Crippen LogP contribution is 2.15. The fourth-order valence-corrected chi connectivity index (χ4v) is 1.01. The number of furan rings is 1. The number of hydrogen-bond donors (Lipinski definition) is 1. The summed E-state index contributed by atoms with van der Waals surface area (Å²) >= 11 is 0. The van der Waals surface area contributed by atoms with Crippen molar-refractivity contribution in [2.45, 2.75) is 20.3 Å². The van der Waals surface area contributed by atoms with Gasteiger partial charge in [-0.25, -0.2) is 4.79 Å². The van der Waals surface area contributed by atoms with Gasteiger partial charge in [0.1, 0.15) is 11.3 Å². The van der Waals surface area contributed by atoms with Gasteiger partial charge in [-0.05, 0) is 6.92 Å². The van der Waals surface area contributed by atoms with Crippen LogP contribution >= 0.6 is 0 Å². The van der Waals surface area contributed by atoms with Gasteiger partial charge in [0.05, 0.1) is 0 Å². The smallest absolute Gasteiger partial charge is 0.339 e. The van der Waals surface area contributed by atoms with Gasteiger partial charge in [0.2, 0.25) is 0 Å². The third kappa shape index (κ3) is 1.77. The first-order valence-electron chi connectivity index (χ1n) is 3.93. The molecule has 0 aliphatic carbocycles. The molecule has 0 saturated heterocycles. The van der Waals surface area contributed by atoms with E-state index in [0.29, 0.717) is 6.42 Å². The summed E-state index contributed by atoms with van der Waals surface area (Å²) in [4.78, 5) is 21.7. The molecule has 0 fully saturated rings. The molecule has 70 valence electrons. The third-order valence-electron chi connectivity index (χ3n) is 1.74. The van der Waals surface area contributed by atoms with Crippen molar-refractivity contribution in [3.63, 3.8) is 0 Å². The predicted octanol–water partition coefficient (Wildman–Crippen LogP) is 1.88. The Morgan fingerprint density at radius 1 is 1.54 bits per heavy atom. The number of carboxylic acid groups (broad SMARTS) is 1. The summed E-state index contributed by atoms with van der Waals surface area (Å²) in [7, 11) is 0. The lowest BCUT2D eigenvalue weighted by Crippen LogP contribution is -1.96. The van der Waals surface area contributed by atoms with E-state index in [1.54, 1.807) is 6.92 Å². The van der Waals surface area contributed by atoms with Crippen LogP contribution in [0.25, 0.3) is 0 Å². The van der Waals surface area contributed by atoms with Gasteiger partial charge in [0.25, 0.3) is 0 Å². The van der Waals surface area contributed by atoms with Crippen molar-refractivity contribution < 1.29 is 19.1 Å². The first kappa shape index (κ1) is 9.51. The molecule has 0 aliphatic heterocycles. The van der Waals surface area contributed by atoms with E-state index in [-0.39, 0.29) is 22.9 Å². The molecule has 0 aliphatic rings. The molecule has 0 radical (unpaired) electrons. The zero-order valence-electron chi connectivity index (χ0n) is 7.46. The molecule has 1 aromatic heterocycles. The molecule has 0 atom stereocenters. The normalized spacial score (nSPS) is 10.0. The first-order chi connectivity index (χ1) is 6.06. The maximum atomic E-state index is 11.1. The molecule has 0 bridgehead atoms. The molecule has 1 heterocycles. The summed E-state index contributed by atoms with van der Waals surface area (Å²) in [5.74, 6) is -0.867. The summed E-state index contributed by atoms with van der Waals surface area (Å²) in [5, 5.41) is 8.66. The summed E-state index contributed by atoms with van der Waals surface area (Å²) < 4.78 is 5.00. The third-order valence-corrected chi connectivity index (χ3v) is 1.74. The number of carbonyl (C=O) groups excluding carboxylic acids is 1. The van der Waals surface area contributed by atoms with E-state index in [0.717, 1.165) is 0 Å². The maximum Gasteiger partial charge on any atom is 0.339 e. The minimum Gasteiger partial charge on any atom is -0.478 e. The quantitative estimate of drug-likeness (QED) is 0.724. The van der Waals surface area contributed by atoms with Crippen LogP contribution in [0.15, 0.2) is 10.5 Å². The van der Waals surface area contributed by atoms with Crippen LogP contribution < -0.4 is 0 Å². The van der Waals surface area contributed by atoms with Crippen LogP contribution in [0.4, 0.5) is 0 Å². The van der Waals surface area contributed by atoms with Crippen LogP contribution in [0.2, 0.25) is 0 Å². The van der Waals surface area contributed by atoms with Gasteiger partial charge in [-0.15, -0.1) is 0 Å². The monoisotopic (exact) mass is 182 g/mol.